The fraction of sp³-hybridized carbons (Fsp3) is 0.462. The minimum absolute atomic E-state index is 0.0995. The molecule has 88 valence electrons. The first-order chi connectivity index (χ1) is 7.54. The first-order valence-corrected chi connectivity index (χ1v) is 5.49. The van der Waals surface area contributed by atoms with Gasteiger partial charge < -0.3 is 10.4 Å². The highest BCUT2D eigenvalue weighted by atomic mass is 16.3. The van der Waals surface area contributed by atoms with Crippen LogP contribution in [0.15, 0.2) is 12.1 Å². The van der Waals surface area contributed by atoms with Crippen LogP contribution in [0, 0.1) is 20.8 Å². The summed E-state index contributed by atoms with van der Waals surface area (Å²) >= 11 is 0. The van der Waals surface area contributed by atoms with E-state index < -0.39 is 0 Å². The van der Waals surface area contributed by atoms with Crippen molar-refractivity contribution in [2.75, 3.05) is 6.61 Å². The van der Waals surface area contributed by atoms with Crippen molar-refractivity contribution in [2.45, 2.75) is 33.7 Å². The Morgan fingerprint density at radius 2 is 1.81 bits per heavy atom. The number of carbonyl (C=O) groups is 1. The van der Waals surface area contributed by atoms with Gasteiger partial charge in [-0.15, -0.1) is 0 Å². The number of hydrogen-bond acceptors (Lipinski definition) is 2. The van der Waals surface area contributed by atoms with Gasteiger partial charge in [0.05, 0.1) is 6.61 Å². The Morgan fingerprint density at radius 1 is 1.25 bits per heavy atom. The van der Waals surface area contributed by atoms with Gasteiger partial charge in [-0.25, -0.2) is 0 Å². The van der Waals surface area contributed by atoms with Gasteiger partial charge in [-0.05, 0) is 37.5 Å². The fourth-order valence-electron chi connectivity index (χ4n) is 1.87. The second-order valence-electron chi connectivity index (χ2n) is 4.13. The molecule has 0 aromatic heterocycles. The Labute approximate surface area is 96.5 Å². The van der Waals surface area contributed by atoms with Gasteiger partial charge in [0.15, 0.2) is 0 Å². The fourth-order valence-corrected chi connectivity index (χ4v) is 1.87. The summed E-state index contributed by atoms with van der Waals surface area (Å²) in [4.78, 5) is 11.2. The highest BCUT2D eigenvalue weighted by Gasteiger charge is 2.05. The van der Waals surface area contributed by atoms with Gasteiger partial charge in [0.1, 0.15) is 0 Å². The number of hydrogen-bond donors (Lipinski definition) is 2. The summed E-state index contributed by atoms with van der Waals surface area (Å²) in [6, 6.07) is 4.22. The zero-order chi connectivity index (χ0) is 12.1. The van der Waals surface area contributed by atoms with Crippen LogP contribution < -0.4 is 5.32 Å². The zero-order valence-electron chi connectivity index (χ0n) is 10.1. The molecule has 1 aromatic carbocycles. The molecule has 0 heterocycles. The maximum Gasteiger partial charge on any atom is 0.222 e. The van der Waals surface area contributed by atoms with E-state index in [0.717, 1.165) is 5.56 Å². The summed E-state index contributed by atoms with van der Waals surface area (Å²) in [5.74, 6) is -0.109. The molecule has 2 N–H and O–H groups in total. The van der Waals surface area contributed by atoms with Crippen LogP contribution in [-0.2, 0) is 11.3 Å². The molecule has 0 saturated carbocycles. The van der Waals surface area contributed by atoms with Crippen molar-refractivity contribution in [1.29, 1.82) is 0 Å². The van der Waals surface area contributed by atoms with Gasteiger partial charge in [-0.2, -0.15) is 0 Å². The van der Waals surface area contributed by atoms with E-state index in [4.69, 9.17) is 5.11 Å². The Kier molecular flexibility index (Phi) is 4.50. The van der Waals surface area contributed by atoms with Crippen LogP contribution in [0.2, 0.25) is 0 Å². The minimum Gasteiger partial charge on any atom is -0.396 e. The van der Waals surface area contributed by atoms with Crippen molar-refractivity contribution in [3.8, 4) is 0 Å². The van der Waals surface area contributed by atoms with Crippen LogP contribution in [-0.4, -0.2) is 17.6 Å². The molecule has 0 spiro atoms. The van der Waals surface area contributed by atoms with Crippen LogP contribution in [0.5, 0.6) is 0 Å². The summed E-state index contributed by atoms with van der Waals surface area (Å²) in [7, 11) is 0. The second-order valence-corrected chi connectivity index (χ2v) is 4.13. The standard InChI is InChI=1S/C13H19NO2/c1-9-6-10(2)12(11(3)7-9)8-14-13(16)4-5-15/h6-7,15H,4-5,8H2,1-3H3,(H,14,16). The molecule has 0 aliphatic heterocycles. The first kappa shape index (κ1) is 12.7. The maximum absolute atomic E-state index is 11.2. The van der Waals surface area contributed by atoms with Gasteiger partial charge in [-0.1, -0.05) is 17.7 Å². The third-order valence-corrected chi connectivity index (χ3v) is 2.64. The van der Waals surface area contributed by atoms with Crippen LogP contribution in [0.1, 0.15) is 28.7 Å². The number of nitrogens with one attached hydrogen (secondary N) is 1. The van der Waals surface area contributed by atoms with Crippen LogP contribution in [0.25, 0.3) is 0 Å². The number of amides is 1. The Balaban J connectivity index is 2.70. The van der Waals surface area contributed by atoms with E-state index in [1.54, 1.807) is 0 Å². The van der Waals surface area contributed by atoms with E-state index in [0.29, 0.717) is 6.54 Å². The number of aliphatic hydroxyl groups excluding tert-OH is 1. The summed E-state index contributed by atoms with van der Waals surface area (Å²) in [6.45, 7) is 6.60. The molecule has 0 radical (unpaired) electrons. The van der Waals surface area contributed by atoms with Gasteiger partial charge in [0, 0.05) is 13.0 Å². The number of rotatable bonds is 4. The largest absolute Gasteiger partial charge is 0.396 e. The van der Waals surface area contributed by atoms with E-state index in [-0.39, 0.29) is 18.9 Å². The topological polar surface area (TPSA) is 49.3 Å². The van der Waals surface area contributed by atoms with Crippen LogP contribution in [0.4, 0.5) is 0 Å². The van der Waals surface area contributed by atoms with Crippen LogP contribution >= 0.6 is 0 Å². The average molecular weight is 221 g/mol. The monoisotopic (exact) mass is 221 g/mol. The van der Waals surface area contributed by atoms with E-state index in [1.807, 2.05) is 13.8 Å². The van der Waals surface area contributed by atoms with Gasteiger partial charge in [0.2, 0.25) is 5.91 Å². The molecule has 0 aliphatic carbocycles. The van der Waals surface area contributed by atoms with Crippen LogP contribution in [0.3, 0.4) is 0 Å². The smallest absolute Gasteiger partial charge is 0.222 e. The molecule has 0 saturated heterocycles. The molecule has 1 amide bonds. The van der Waals surface area contributed by atoms with Crippen molar-refractivity contribution in [2.24, 2.45) is 0 Å². The molecule has 0 unspecified atom stereocenters. The summed E-state index contributed by atoms with van der Waals surface area (Å²) < 4.78 is 0. The van der Waals surface area contributed by atoms with Crippen molar-refractivity contribution < 1.29 is 9.90 Å². The lowest BCUT2D eigenvalue weighted by molar-refractivity contribution is -0.121. The number of benzene rings is 1. The summed E-state index contributed by atoms with van der Waals surface area (Å²) in [6.07, 6.45) is 0.171. The van der Waals surface area contributed by atoms with Crippen molar-refractivity contribution in [3.05, 3.63) is 34.4 Å². The molecular formula is C13H19NO2. The Bertz CT molecular complexity index is 363. The van der Waals surface area contributed by atoms with E-state index in [2.05, 4.69) is 24.4 Å². The first-order valence-electron chi connectivity index (χ1n) is 5.49. The van der Waals surface area contributed by atoms with E-state index >= 15 is 0 Å². The summed E-state index contributed by atoms with van der Waals surface area (Å²) in [5.41, 5.74) is 4.79. The molecule has 0 bridgehead atoms. The van der Waals surface area contributed by atoms with E-state index in [1.165, 1.54) is 16.7 Å². The highest BCUT2D eigenvalue weighted by molar-refractivity contribution is 5.76. The molecule has 3 nitrogen and oxygen atoms in total. The molecule has 0 aliphatic rings. The van der Waals surface area contributed by atoms with E-state index in [9.17, 15) is 4.79 Å². The predicted octanol–water partition coefficient (Wildman–Crippen LogP) is 1.61. The lowest BCUT2D eigenvalue weighted by atomic mass is 10.00. The normalized spacial score (nSPS) is 10.2. The van der Waals surface area contributed by atoms with Gasteiger partial charge >= 0.3 is 0 Å². The molecule has 16 heavy (non-hydrogen) atoms. The molecule has 1 aromatic rings. The predicted molar refractivity (Wildman–Crippen MR) is 64.2 cm³/mol. The van der Waals surface area contributed by atoms with Crippen molar-refractivity contribution >= 4 is 5.91 Å². The van der Waals surface area contributed by atoms with Gasteiger partial charge in [0.25, 0.3) is 0 Å². The SMILES string of the molecule is Cc1cc(C)c(CNC(=O)CCO)c(C)c1. The van der Waals surface area contributed by atoms with Crippen molar-refractivity contribution in [1.82, 2.24) is 5.32 Å². The lowest BCUT2D eigenvalue weighted by Crippen LogP contribution is -2.24. The molecule has 3 heteroatoms. The highest BCUT2D eigenvalue weighted by Crippen LogP contribution is 2.15. The quantitative estimate of drug-likeness (QED) is 0.811. The second kappa shape index (κ2) is 5.66. The minimum atomic E-state index is -0.109. The lowest BCUT2D eigenvalue weighted by Gasteiger charge is -2.12. The third kappa shape index (κ3) is 3.35. The molecule has 0 fully saturated rings. The Morgan fingerprint density at radius 3 is 2.31 bits per heavy atom. The molecule has 1 rings (SSSR count). The number of aryl methyl sites for hydroxylation is 3. The average Bonchev–Trinajstić information content (AvgIpc) is 2.16. The van der Waals surface area contributed by atoms with Crippen molar-refractivity contribution in [3.63, 3.8) is 0 Å². The Hall–Kier alpha value is -1.35. The third-order valence-electron chi connectivity index (χ3n) is 2.64. The zero-order valence-corrected chi connectivity index (χ0v) is 10.1. The molecule has 0 atom stereocenters. The number of aliphatic hydroxyl groups is 1. The maximum atomic E-state index is 11.2. The summed E-state index contributed by atoms with van der Waals surface area (Å²) in [5, 5.41) is 11.4. The number of carbonyl (C=O) groups excluding carboxylic acids is 1. The van der Waals surface area contributed by atoms with Gasteiger partial charge in [-0.3, -0.25) is 4.79 Å². The molecular weight excluding hydrogens is 202 g/mol.